The van der Waals surface area contributed by atoms with Crippen molar-refractivity contribution in [2.75, 3.05) is 19.8 Å². The molecule has 1 atom stereocenters. The first-order chi connectivity index (χ1) is 14.8. The number of ether oxygens (including phenoxy) is 4. The third-order valence-electron chi connectivity index (χ3n) is 4.47. The van der Waals surface area contributed by atoms with Crippen molar-refractivity contribution in [1.29, 1.82) is 5.26 Å². The summed E-state index contributed by atoms with van der Waals surface area (Å²) in [6.07, 6.45) is 0.672. The summed E-state index contributed by atoms with van der Waals surface area (Å²) >= 11 is 3.43. The van der Waals surface area contributed by atoms with Crippen LogP contribution in [0.4, 0.5) is 0 Å². The molecule has 2 rings (SSSR count). The molecule has 31 heavy (non-hydrogen) atoms. The number of nitrogens with two attached hydrogens (primary N) is 1. The van der Waals surface area contributed by atoms with Crippen LogP contribution in [-0.4, -0.2) is 31.8 Å². The van der Waals surface area contributed by atoms with Gasteiger partial charge in [-0.05, 0) is 45.4 Å². The highest BCUT2D eigenvalue weighted by atomic mass is 79.9. The minimum Gasteiger partial charge on any atom is -0.493 e. The topological polar surface area (TPSA) is 121 Å². The molecular formula is C22H25BrN2O6. The molecule has 1 aromatic rings. The minimum atomic E-state index is -0.824. The Morgan fingerprint density at radius 2 is 1.97 bits per heavy atom. The number of carbonyl (C=O) groups is 2. The van der Waals surface area contributed by atoms with E-state index < -0.39 is 11.9 Å². The predicted octanol–water partition coefficient (Wildman–Crippen LogP) is 3.82. The van der Waals surface area contributed by atoms with E-state index in [4.69, 9.17) is 24.7 Å². The first-order valence-electron chi connectivity index (χ1n) is 9.87. The summed E-state index contributed by atoms with van der Waals surface area (Å²) in [4.78, 5) is 24.3. The lowest BCUT2D eigenvalue weighted by Gasteiger charge is -2.28. The van der Waals surface area contributed by atoms with Crippen LogP contribution < -0.4 is 10.5 Å². The second-order valence-electron chi connectivity index (χ2n) is 6.55. The van der Waals surface area contributed by atoms with E-state index in [0.29, 0.717) is 24.3 Å². The van der Waals surface area contributed by atoms with E-state index in [2.05, 4.69) is 15.9 Å². The molecule has 166 valence electrons. The Hall–Kier alpha value is -2.99. The number of carbonyl (C=O) groups excluding carboxylic acids is 2. The maximum absolute atomic E-state index is 12.7. The third-order valence-corrected chi connectivity index (χ3v) is 4.97. The van der Waals surface area contributed by atoms with Gasteiger partial charge in [0.2, 0.25) is 5.88 Å². The Balaban J connectivity index is 2.41. The number of hydrogen-bond donors (Lipinski definition) is 1. The van der Waals surface area contributed by atoms with Crippen LogP contribution in [0, 0.1) is 11.3 Å². The van der Waals surface area contributed by atoms with Crippen molar-refractivity contribution < 1.29 is 28.5 Å². The molecule has 0 bridgehead atoms. The number of nitriles is 1. The maximum Gasteiger partial charge on any atom is 0.338 e. The van der Waals surface area contributed by atoms with Crippen LogP contribution in [0.2, 0.25) is 0 Å². The van der Waals surface area contributed by atoms with Gasteiger partial charge in [0.15, 0.2) is 0 Å². The van der Waals surface area contributed by atoms with Crippen molar-refractivity contribution in [2.24, 2.45) is 5.73 Å². The van der Waals surface area contributed by atoms with Gasteiger partial charge in [-0.3, -0.25) is 4.79 Å². The Morgan fingerprint density at radius 3 is 2.61 bits per heavy atom. The Morgan fingerprint density at radius 1 is 1.26 bits per heavy atom. The van der Waals surface area contributed by atoms with Crippen molar-refractivity contribution in [2.45, 2.75) is 39.5 Å². The smallest absolute Gasteiger partial charge is 0.338 e. The lowest BCUT2D eigenvalue weighted by molar-refractivity contribution is -0.143. The molecule has 0 aromatic heterocycles. The van der Waals surface area contributed by atoms with Crippen LogP contribution >= 0.6 is 15.9 Å². The van der Waals surface area contributed by atoms with Gasteiger partial charge in [-0.2, -0.15) is 5.26 Å². The van der Waals surface area contributed by atoms with Gasteiger partial charge in [-0.25, -0.2) is 4.79 Å². The van der Waals surface area contributed by atoms with E-state index >= 15 is 0 Å². The van der Waals surface area contributed by atoms with E-state index in [9.17, 15) is 14.9 Å². The predicted molar refractivity (Wildman–Crippen MR) is 115 cm³/mol. The fourth-order valence-corrected chi connectivity index (χ4v) is 3.55. The second-order valence-corrected chi connectivity index (χ2v) is 7.47. The van der Waals surface area contributed by atoms with Gasteiger partial charge in [-0.15, -0.1) is 0 Å². The largest absolute Gasteiger partial charge is 0.493 e. The molecule has 0 spiro atoms. The monoisotopic (exact) mass is 492 g/mol. The van der Waals surface area contributed by atoms with Gasteiger partial charge in [-0.1, -0.05) is 15.9 Å². The fraction of sp³-hybridized carbons (Fsp3) is 0.409. The number of halogens is 1. The number of allylic oxidation sites excluding steroid dienone is 2. The van der Waals surface area contributed by atoms with E-state index in [1.807, 2.05) is 6.07 Å². The molecule has 0 fully saturated rings. The van der Waals surface area contributed by atoms with E-state index in [1.54, 1.807) is 39.0 Å². The van der Waals surface area contributed by atoms with Crippen molar-refractivity contribution in [3.63, 3.8) is 0 Å². The summed E-state index contributed by atoms with van der Waals surface area (Å²) in [6.45, 7) is 5.78. The van der Waals surface area contributed by atoms with E-state index in [-0.39, 0.29) is 48.4 Å². The Kier molecular flexibility index (Phi) is 8.94. The molecule has 1 aromatic carbocycles. The number of rotatable bonds is 9. The molecule has 0 saturated carbocycles. The van der Waals surface area contributed by atoms with Gasteiger partial charge in [0.05, 0.1) is 31.3 Å². The zero-order valence-corrected chi connectivity index (χ0v) is 19.3. The molecule has 1 heterocycles. The van der Waals surface area contributed by atoms with Gasteiger partial charge < -0.3 is 24.7 Å². The van der Waals surface area contributed by atoms with Gasteiger partial charge in [0.1, 0.15) is 23.2 Å². The molecule has 8 nitrogen and oxygen atoms in total. The standard InChI is InChI=1S/C22H25BrN2O6/c1-4-28-18(26)7-6-10-30-17-9-8-14(23)11-15(17)20-16(12-24)21(25)31-13(3)19(20)22(27)29-5-2/h8-9,11,20H,4-7,10,25H2,1-3H3. The van der Waals surface area contributed by atoms with Crippen LogP contribution in [0.1, 0.15) is 45.1 Å². The van der Waals surface area contributed by atoms with Crippen LogP contribution in [0.25, 0.3) is 0 Å². The summed E-state index contributed by atoms with van der Waals surface area (Å²) in [5.74, 6) is -1.08. The lowest BCUT2D eigenvalue weighted by atomic mass is 9.82. The van der Waals surface area contributed by atoms with E-state index in [0.717, 1.165) is 4.47 Å². The maximum atomic E-state index is 12.7. The van der Waals surface area contributed by atoms with Crippen LogP contribution in [0.3, 0.4) is 0 Å². The summed E-state index contributed by atoms with van der Waals surface area (Å²) in [7, 11) is 0. The lowest BCUT2D eigenvalue weighted by Crippen LogP contribution is -2.26. The van der Waals surface area contributed by atoms with Crippen molar-refractivity contribution in [3.8, 4) is 11.8 Å². The zero-order valence-electron chi connectivity index (χ0n) is 17.7. The van der Waals surface area contributed by atoms with Crippen molar-refractivity contribution in [3.05, 3.63) is 51.0 Å². The highest BCUT2D eigenvalue weighted by molar-refractivity contribution is 9.10. The minimum absolute atomic E-state index is 0.0775. The SMILES string of the molecule is CCOC(=O)CCCOc1ccc(Br)cc1C1C(C#N)=C(N)OC(C)=C1C(=O)OCC. The molecule has 0 amide bonds. The quantitative estimate of drug-likeness (QED) is 0.407. The molecule has 1 unspecified atom stereocenters. The van der Waals surface area contributed by atoms with Gasteiger partial charge in [0, 0.05) is 16.5 Å². The summed E-state index contributed by atoms with van der Waals surface area (Å²) in [5.41, 5.74) is 6.78. The third kappa shape index (κ3) is 6.01. The molecule has 1 aliphatic rings. The molecule has 0 saturated heterocycles. The molecule has 1 aliphatic heterocycles. The fourth-order valence-electron chi connectivity index (χ4n) is 3.17. The highest BCUT2D eigenvalue weighted by Gasteiger charge is 2.38. The average molecular weight is 493 g/mol. The van der Waals surface area contributed by atoms with Crippen LogP contribution in [0.5, 0.6) is 5.75 Å². The number of nitrogens with zero attached hydrogens (tertiary/aromatic N) is 1. The first-order valence-corrected chi connectivity index (χ1v) is 10.7. The number of benzene rings is 1. The molecule has 0 aliphatic carbocycles. The summed E-state index contributed by atoms with van der Waals surface area (Å²) < 4.78 is 22.2. The normalized spacial score (nSPS) is 15.8. The summed E-state index contributed by atoms with van der Waals surface area (Å²) in [5, 5.41) is 9.75. The first kappa shape index (κ1) is 24.3. The average Bonchev–Trinajstić information content (AvgIpc) is 2.71. The number of esters is 2. The zero-order chi connectivity index (χ0) is 23.0. The Bertz CT molecular complexity index is 948. The van der Waals surface area contributed by atoms with Crippen molar-refractivity contribution >= 4 is 27.9 Å². The Labute approximate surface area is 189 Å². The van der Waals surface area contributed by atoms with Gasteiger partial charge in [0.25, 0.3) is 0 Å². The van der Waals surface area contributed by atoms with Crippen LogP contribution in [-0.2, 0) is 23.8 Å². The van der Waals surface area contributed by atoms with E-state index in [1.165, 1.54) is 0 Å². The molecule has 2 N–H and O–H groups in total. The number of hydrogen-bond acceptors (Lipinski definition) is 8. The molecular weight excluding hydrogens is 468 g/mol. The van der Waals surface area contributed by atoms with Crippen molar-refractivity contribution in [1.82, 2.24) is 0 Å². The molecule has 9 heteroatoms. The highest BCUT2D eigenvalue weighted by Crippen LogP contribution is 2.43. The van der Waals surface area contributed by atoms with Gasteiger partial charge >= 0.3 is 11.9 Å². The molecule has 0 radical (unpaired) electrons. The second kappa shape index (κ2) is 11.4. The van der Waals surface area contributed by atoms with Crippen LogP contribution in [0.15, 0.2) is 45.5 Å². The summed E-state index contributed by atoms with van der Waals surface area (Å²) in [6, 6.07) is 7.31.